The number of thiocarbonyl (C=S) groups is 1. The second-order valence-corrected chi connectivity index (χ2v) is 3.67. The molecule has 78 valence electrons. The van der Waals surface area contributed by atoms with Crippen LogP contribution in [0.15, 0.2) is 29.8 Å². The normalized spacial score (nSPS) is 16.1. The number of nitrogens with one attached hydrogen (secondary N) is 1. The van der Waals surface area contributed by atoms with Crippen molar-refractivity contribution >= 4 is 28.8 Å². The second kappa shape index (κ2) is 3.76. The van der Waals surface area contributed by atoms with Gasteiger partial charge >= 0.3 is 0 Å². The first-order chi connectivity index (χ1) is 7.65. The standard InChI is InChI=1S/C11H7N3OS/c12-5-8(10(13)16)9-6-3-1-2-4-7(6)11(15)14-9/h1-4H,(H2,13,16)(H,14,15)/b9-8+. The Morgan fingerprint density at radius 1 is 1.38 bits per heavy atom. The van der Waals surface area contributed by atoms with E-state index in [1.54, 1.807) is 24.3 Å². The predicted molar refractivity (Wildman–Crippen MR) is 63.2 cm³/mol. The van der Waals surface area contributed by atoms with Crippen molar-refractivity contribution in [1.82, 2.24) is 5.32 Å². The Morgan fingerprint density at radius 3 is 2.56 bits per heavy atom. The molecule has 0 saturated heterocycles. The molecule has 0 fully saturated rings. The summed E-state index contributed by atoms with van der Waals surface area (Å²) in [5.74, 6) is -0.241. The Bertz CT molecular complexity index is 569. The highest BCUT2D eigenvalue weighted by Gasteiger charge is 2.26. The van der Waals surface area contributed by atoms with Gasteiger partial charge in [-0.15, -0.1) is 0 Å². The average Bonchev–Trinajstić information content (AvgIpc) is 2.58. The van der Waals surface area contributed by atoms with Crippen molar-refractivity contribution in [3.05, 3.63) is 41.0 Å². The number of nitrogens with two attached hydrogens (primary N) is 1. The molecule has 1 aromatic rings. The third kappa shape index (κ3) is 1.45. The summed E-state index contributed by atoms with van der Waals surface area (Å²) in [6, 6.07) is 8.88. The largest absolute Gasteiger partial charge is 0.389 e. The third-order valence-corrected chi connectivity index (χ3v) is 2.49. The smallest absolute Gasteiger partial charge is 0.256 e. The van der Waals surface area contributed by atoms with Gasteiger partial charge in [-0.05, 0) is 6.07 Å². The topological polar surface area (TPSA) is 78.9 Å². The van der Waals surface area contributed by atoms with Gasteiger partial charge in [0, 0.05) is 11.1 Å². The molecule has 0 bridgehead atoms. The fraction of sp³-hybridized carbons (Fsp3) is 0. The van der Waals surface area contributed by atoms with E-state index in [9.17, 15) is 4.79 Å². The summed E-state index contributed by atoms with van der Waals surface area (Å²) >= 11 is 4.77. The summed E-state index contributed by atoms with van der Waals surface area (Å²) in [6.07, 6.45) is 0. The molecule has 0 spiro atoms. The highest BCUT2D eigenvalue weighted by molar-refractivity contribution is 7.80. The summed E-state index contributed by atoms with van der Waals surface area (Å²) < 4.78 is 0. The number of carbonyl (C=O) groups excluding carboxylic acids is 1. The van der Waals surface area contributed by atoms with Crippen LogP contribution in [0.1, 0.15) is 15.9 Å². The summed E-state index contributed by atoms with van der Waals surface area (Å²) in [7, 11) is 0. The Morgan fingerprint density at radius 2 is 2.00 bits per heavy atom. The summed E-state index contributed by atoms with van der Waals surface area (Å²) in [5.41, 5.74) is 7.15. The number of benzene rings is 1. The fourth-order valence-corrected chi connectivity index (χ4v) is 1.73. The van der Waals surface area contributed by atoms with Crippen LogP contribution in [-0.4, -0.2) is 10.9 Å². The number of fused-ring (bicyclic) bond motifs is 1. The highest BCUT2D eigenvalue weighted by atomic mass is 32.1. The van der Waals surface area contributed by atoms with Crippen molar-refractivity contribution in [2.24, 2.45) is 5.73 Å². The van der Waals surface area contributed by atoms with E-state index in [-0.39, 0.29) is 16.5 Å². The third-order valence-electron chi connectivity index (χ3n) is 2.29. The van der Waals surface area contributed by atoms with E-state index in [4.69, 9.17) is 23.2 Å². The monoisotopic (exact) mass is 229 g/mol. The molecule has 0 atom stereocenters. The van der Waals surface area contributed by atoms with Crippen LogP contribution in [0.2, 0.25) is 0 Å². The number of nitriles is 1. The van der Waals surface area contributed by atoms with Gasteiger partial charge in [0.05, 0.1) is 5.70 Å². The lowest BCUT2D eigenvalue weighted by Gasteiger charge is -2.02. The molecule has 0 aromatic heterocycles. The summed E-state index contributed by atoms with van der Waals surface area (Å²) in [5, 5.41) is 11.5. The number of carbonyl (C=O) groups is 1. The molecular formula is C11H7N3OS. The van der Waals surface area contributed by atoms with E-state index in [0.29, 0.717) is 16.8 Å². The molecule has 0 aliphatic carbocycles. The minimum absolute atomic E-state index is 0.0190. The van der Waals surface area contributed by atoms with E-state index >= 15 is 0 Å². The number of amides is 1. The first kappa shape index (κ1) is 10.3. The molecule has 2 rings (SSSR count). The zero-order chi connectivity index (χ0) is 11.7. The number of nitrogens with zero attached hydrogens (tertiary/aromatic N) is 1. The molecule has 1 amide bonds. The molecule has 3 N–H and O–H groups in total. The van der Waals surface area contributed by atoms with Crippen LogP contribution in [0.3, 0.4) is 0 Å². The minimum Gasteiger partial charge on any atom is -0.389 e. The van der Waals surface area contributed by atoms with Crippen LogP contribution in [-0.2, 0) is 0 Å². The summed E-state index contributed by atoms with van der Waals surface area (Å²) in [4.78, 5) is 11.6. The molecule has 0 unspecified atom stereocenters. The quantitative estimate of drug-likeness (QED) is 0.427. The van der Waals surface area contributed by atoms with Crippen molar-refractivity contribution in [2.75, 3.05) is 0 Å². The van der Waals surface area contributed by atoms with E-state index in [1.807, 2.05) is 6.07 Å². The SMILES string of the molecule is N#C/C(C(N)=S)=C1\NC(=O)c2ccccc21. The molecule has 1 heterocycles. The second-order valence-electron chi connectivity index (χ2n) is 3.23. The maximum absolute atomic E-state index is 11.6. The lowest BCUT2D eigenvalue weighted by molar-refractivity contribution is 0.0981. The molecule has 0 saturated carbocycles. The van der Waals surface area contributed by atoms with E-state index in [1.165, 1.54) is 0 Å². The van der Waals surface area contributed by atoms with Crippen LogP contribution in [0.25, 0.3) is 5.70 Å². The fourth-order valence-electron chi connectivity index (χ4n) is 1.58. The molecule has 0 radical (unpaired) electrons. The minimum atomic E-state index is -0.241. The van der Waals surface area contributed by atoms with Crippen molar-refractivity contribution in [1.29, 1.82) is 5.26 Å². The van der Waals surface area contributed by atoms with Gasteiger partial charge in [0.25, 0.3) is 5.91 Å². The van der Waals surface area contributed by atoms with Crippen molar-refractivity contribution in [2.45, 2.75) is 0 Å². The highest BCUT2D eigenvalue weighted by Crippen LogP contribution is 2.26. The lowest BCUT2D eigenvalue weighted by atomic mass is 10.1. The van der Waals surface area contributed by atoms with Crippen LogP contribution in [0.4, 0.5) is 0 Å². The molecule has 4 nitrogen and oxygen atoms in total. The van der Waals surface area contributed by atoms with Crippen molar-refractivity contribution in [3.8, 4) is 6.07 Å². The maximum atomic E-state index is 11.6. The molecular weight excluding hydrogens is 222 g/mol. The Kier molecular flexibility index (Phi) is 2.43. The molecule has 1 aliphatic rings. The van der Waals surface area contributed by atoms with Gasteiger partial charge in [-0.2, -0.15) is 5.26 Å². The van der Waals surface area contributed by atoms with Crippen molar-refractivity contribution < 1.29 is 4.79 Å². The molecule has 1 aromatic carbocycles. The Hall–Kier alpha value is -2.19. The van der Waals surface area contributed by atoms with Crippen molar-refractivity contribution in [3.63, 3.8) is 0 Å². The van der Waals surface area contributed by atoms with Crippen LogP contribution >= 0.6 is 12.2 Å². The zero-order valence-electron chi connectivity index (χ0n) is 8.15. The Balaban J connectivity index is 2.70. The van der Waals surface area contributed by atoms with Gasteiger partial charge in [0.2, 0.25) is 0 Å². The van der Waals surface area contributed by atoms with Crippen LogP contribution < -0.4 is 11.1 Å². The van der Waals surface area contributed by atoms with Gasteiger partial charge in [-0.3, -0.25) is 4.79 Å². The average molecular weight is 229 g/mol. The number of rotatable bonds is 1. The maximum Gasteiger partial charge on any atom is 0.256 e. The first-order valence-corrected chi connectivity index (χ1v) is 4.91. The Labute approximate surface area is 97.4 Å². The van der Waals surface area contributed by atoms with Crippen LogP contribution in [0, 0.1) is 11.3 Å². The van der Waals surface area contributed by atoms with Gasteiger partial charge in [0.1, 0.15) is 16.6 Å². The van der Waals surface area contributed by atoms with Gasteiger partial charge in [-0.1, -0.05) is 30.4 Å². The van der Waals surface area contributed by atoms with Gasteiger partial charge < -0.3 is 11.1 Å². The molecule has 1 aliphatic heterocycles. The van der Waals surface area contributed by atoms with Crippen LogP contribution in [0.5, 0.6) is 0 Å². The summed E-state index contributed by atoms with van der Waals surface area (Å²) in [6.45, 7) is 0. The zero-order valence-corrected chi connectivity index (χ0v) is 8.97. The number of hydrogen-bond donors (Lipinski definition) is 2. The molecule has 16 heavy (non-hydrogen) atoms. The number of hydrogen-bond acceptors (Lipinski definition) is 3. The van der Waals surface area contributed by atoms with Gasteiger partial charge in [-0.25, -0.2) is 0 Å². The van der Waals surface area contributed by atoms with E-state index < -0.39 is 0 Å². The van der Waals surface area contributed by atoms with E-state index in [2.05, 4.69) is 5.32 Å². The van der Waals surface area contributed by atoms with E-state index in [0.717, 1.165) is 0 Å². The van der Waals surface area contributed by atoms with Gasteiger partial charge in [0.15, 0.2) is 0 Å². The molecule has 5 heteroatoms. The lowest BCUT2D eigenvalue weighted by Crippen LogP contribution is -2.18. The predicted octanol–water partition coefficient (Wildman–Crippen LogP) is 0.951. The first-order valence-electron chi connectivity index (χ1n) is 4.50.